The summed E-state index contributed by atoms with van der Waals surface area (Å²) in [5, 5.41) is 10.1. The van der Waals surface area contributed by atoms with Gasteiger partial charge < -0.3 is 15.4 Å². The summed E-state index contributed by atoms with van der Waals surface area (Å²) in [5.74, 6) is 0.165. The lowest BCUT2D eigenvalue weighted by atomic mass is 9.92. The van der Waals surface area contributed by atoms with Gasteiger partial charge in [0.05, 0.1) is 11.7 Å². The number of alkyl halides is 1. The number of rotatable bonds is 5. The van der Waals surface area contributed by atoms with Crippen LogP contribution >= 0.6 is 0 Å². The number of benzene rings is 1. The third-order valence-corrected chi connectivity index (χ3v) is 5.76. The van der Waals surface area contributed by atoms with E-state index in [2.05, 4.69) is 15.7 Å². The van der Waals surface area contributed by atoms with E-state index < -0.39 is 12.2 Å². The first-order chi connectivity index (χ1) is 13.7. The van der Waals surface area contributed by atoms with Crippen molar-refractivity contribution in [2.24, 2.45) is 5.92 Å². The number of nitrogens with zero attached hydrogens (tertiary/aromatic N) is 2. The summed E-state index contributed by atoms with van der Waals surface area (Å²) < 4.78 is 22.3. The average molecular weight is 386 g/mol. The molecule has 1 aliphatic carbocycles. The molecule has 6 nitrogen and oxygen atoms in total. The molecular formula is C21H27FN4O2. The molecule has 4 rings (SSSR count). The summed E-state index contributed by atoms with van der Waals surface area (Å²) in [7, 11) is 0. The number of aryl methyl sites for hydroxylation is 1. The quantitative estimate of drug-likeness (QED) is 0.828. The minimum Gasteiger partial charge on any atom is -0.372 e. The fraction of sp³-hybridized carbons (Fsp3) is 0.524. The number of nitrogens with one attached hydrogen (secondary N) is 2. The van der Waals surface area contributed by atoms with Gasteiger partial charge in [-0.05, 0) is 37.0 Å². The largest absolute Gasteiger partial charge is 0.372 e. The zero-order valence-electron chi connectivity index (χ0n) is 16.1. The maximum Gasteiger partial charge on any atom is 0.315 e. The van der Waals surface area contributed by atoms with Gasteiger partial charge in [0.15, 0.2) is 0 Å². The van der Waals surface area contributed by atoms with E-state index in [0.29, 0.717) is 19.6 Å². The van der Waals surface area contributed by atoms with Crippen LogP contribution in [0.3, 0.4) is 0 Å². The summed E-state index contributed by atoms with van der Waals surface area (Å²) in [6.45, 7) is 4.02. The Balaban J connectivity index is 1.37. The van der Waals surface area contributed by atoms with Crippen molar-refractivity contribution >= 4 is 6.03 Å². The van der Waals surface area contributed by atoms with Crippen molar-refractivity contribution in [2.75, 3.05) is 13.2 Å². The smallest absolute Gasteiger partial charge is 0.315 e. The molecule has 2 N–H and O–H groups in total. The Kier molecular flexibility index (Phi) is 5.62. The molecule has 1 aromatic carbocycles. The lowest BCUT2D eigenvalue weighted by molar-refractivity contribution is -0.0318. The molecule has 1 fully saturated rings. The van der Waals surface area contributed by atoms with Crippen LogP contribution in [0, 0.1) is 5.92 Å². The van der Waals surface area contributed by atoms with Crippen LogP contribution in [-0.4, -0.2) is 35.1 Å². The van der Waals surface area contributed by atoms with Crippen LogP contribution in [-0.2, 0) is 17.7 Å². The first-order valence-electron chi connectivity index (χ1n) is 10.1. The lowest BCUT2D eigenvalue weighted by Crippen LogP contribution is -2.43. The topological polar surface area (TPSA) is 68.2 Å². The van der Waals surface area contributed by atoms with Gasteiger partial charge in [0, 0.05) is 38.2 Å². The lowest BCUT2D eigenvalue weighted by Gasteiger charge is -2.32. The number of fused-ring (bicyclic) bond motifs is 1. The molecule has 28 heavy (non-hydrogen) atoms. The maximum absolute atomic E-state index is 14.4. The SMILES string of the molecule is CCn1nccc1[C@@H]1OCCC[C@H]1CNC(=O)N[C@H]1c2ccccc2C[C@H]1F. The van der Waals surface area contributed by atoms with Crippen LogP contribution < -0.4 is 10.6 Å². The van der Waals surface area contributed by atoms with Crippen molar-refractivity contribution in [3.63, 3.8) is 0 Å². The van der Waals surface area contributed by atoms with Gasteiger partial charge in [-0.1, -0.05) is 24.3 Å². The molecule has 2 amide bonds. The Hall–Kier alpha value is -2.41. The second kappa shape index (κ2) is 8.31. The van der Waals surface area contributed by atoms with Crippen LogP contribution in [0.2, 0.25) is 0 Å². The number of ether oxygens (including phenoxy) is 1. The molecule has 1 aromatic heterocycles. The molecule has 0 spiro atoms. The predicted octanol–water partition coefficient (Wildman–Crippen LogP) is 3.31. The minimum atomic E-state index is -1.09. The summed E-state index contributed by atoms with van der Waals surface area (Å²) in [6.07, 6.45) is 2.89. The number of carbonyl (C=O) groups excluding carboxylic acids is 1. The summed E-state index contributed by atoms with van der Waals surface area (Å²) in [4.78, 5) is 12.5. The molecule has 150 valence electrons. The fourth-order valence-electron chi connectivity index (χ4n) is 4.36. The molecule has 2 aromatic rings. The van der Waals surface area contributed by atoms with Crippen molar-refractivity contribution in [1.82, 2.24) is 20.4 Å². The zero-order valence-corrected chi connectivity index (χ0v) is 16.1. The third-order valence-electron chi connectivity index (χ3n) is 5.76. The number of halogens is 1. The average Bonchev–Trinajstić information content (AvgIpc) is 3.31. The van der Waals surface area contributed by atoms with Gasteiger partial charge in [-0.25, -0.2) is 9.18 Å². The fourth-order valence-corrected chi connectivity index (χ4v) is 4.36. The molecule has 0 radical (unpaired) electrons. The number of urea groups is 1. The Bertz CT molecular complexity index is 824. The van der Waals surface area contributed by atoms with E-state index in [1.54, 1.807) is 6.20 Å². The molecule has 1 aliphatic heterocycles. The number of amides is 2. The highest BCUT2D eigenvalue weighted by Gasteiger charge is 2.34. The van der Waals surface area contributed by atoms with Crippen molar-refractivity contribution in [3.05, 3.63) is 53.3 Å². The molecule has 7 heteroatoms. The van der Waals surface area contributed by atoms with Crippen LogP contribution in [0.1, 0.15) is 48.7 Å². The van der Waals surface area contributed by atoms with Crippen molar-refractivity contribution < 1.29 is 13.9 Å². The van der Waals surface area contributed by atoms with E-state index in [1.807, 2.05) is 41.9 Å². The van der Waals surface area contributed by atoms with Gasteiger partial charge in [0.1, 0.15) is 12.3 Å². The molecule has 2 heterocycles. The van der Waals surface area contributed by atoms with Gasteiger partial charge in [0.25, 0.3) is 0 Å². The second-order valence-corrected chi connectivity index (χ2v) is 7.52. The highest BCUT2D eigenvalue weighted by molar-refractivity contribution is 5.74. The Morgan fingerprint density at radius 1 is 1.36 bits per heavy atom. The second-order valence-electron chi connectivity index (χ2n) is 7.52. The normalized spacial score (nSPS) is 26.6. The zero-order chi connectivity index (χ0) is 19.5. The van der Waals surface area contributed by atoms with Crippen molar-refractivity contribution in [3.8, 4) is 0 Å². The van der Waals surface area contributed by atoms with Crippen LogP contribution in [0.5, 0.6) is 0 Å². The molecule has 1 saturated heterocycles. The van der Waals surface area contributed by atoms with E-state index in [1.165, 1.54) is 0 Å². The highest BCUT2D eigenvalue weighted by Crippen LogP contribution is 2.34. The highest BCUT2D eigenvalue weighted by atomic mass is 19.1. The van der Waals surface area contributed by atoms with Crippen LogP contribution in [0.15, 0.2) is 36.5 Å². The Labute approximate surface area is 164 Å². The molecule has 4 atom stereocenters. The standard InChI is InChI=1S/C21H27FN4O2/c1-2-26-18(9-10-24-26)20-15(7-5-11-28-20)13-23-21(27)25-19-16-8-4-3-6-14(16)12-17(19)22/h3-4,6,8-10,15,17,19-20H,2,5,7,11-13H2,1H3,(H2,23,25,27)/t15-,17+,19-,20+/m0/s1. The maximum atomic E-state index is 14.4. The first-order valence-corrected chi connectivity index (χ1v) is 10.1. The van der Waals surface area contributed by atoms with E-state index >= 15 is 0 Å². The van der Waals surface area contributed by atoms with Crippen LogP contribution in [0.25, 0.3) is 0 Å². The Morgan fingerprint density at radius 3 is 3.07 bits per heavy atom. The Morgan fingerprint density at radius 2 is 2.21 bits per heavy atom. The van der Waals surface area contributed by atoms with Crippen molar-refractivity contribution in [1.29, 1.82) is 0 Å². The monoisotopic (exact) mass is 386 g/mol. The van der Waals surface area contributed by atoms with Gasteiger partial charge in [-0.2, -0.15) is 5.10 Å². The number of aromatic nitrogens is 2. The predicted molar refractivity (Wildman–Crippen MR) is 104 cm³/mol. The van der Waals surface area contributed by atoms with Gasteiger partial charge in [-0.3, -0.25) is 4.68 Å². The first kappa shape index (κ1) is 18.9. The summed E-state index contributed by atoms with van der Waals surface area (Å²) in [5.41, 5.74) is 2.88. The minimum absolute atomic E-state index is 0.0855. The van der Waals surface area contributed by atoms with Crippen molar-refractivity contribution in [2.45, 2.75) is 51.0 Å². The number of hydrogen-bond donors (Lipinski definition) is 2. The van der Waals surface area contributed by atoms with E-state index in [9.17, 15) is 9.18 Å². The summed E-state index contributed by atoms with van der Waals surface area (Å²) >= 11 is 0. The molecule has 0 unspecified atom stereocenters. The molecular weight excluding hydrogens is 359 g/mol. The third kappa shape index (κ3) is 3.76. The number of carbonyl (C=O) groups is 1. The number of hydrogen-bond acceptors (Lipinski definition) is 3. The van der Waals surface area contributed by atoms with Gasteiger partial charge in [0.2, 0.25) is 0 Å². The van der Waals surface area contributed by atoms with E-state index in [0.717, 1.165) is 36.2 Å². The molecule has 0 bridgehead atoms. The van der Waals surface area contributed by atoms with E-state index in [4.69, 9.17) is 4.74 Å². The van der Waals surface area contributed by atoms with E-state index in [-0.39, 0.29) is 18.1 Å². The summed E-state index contributed by atoms with van der Waals surface area (Å²) in [6, 6.07) is 8.64. The molecule has 2 aliphatic rings. The molecule has 0 saturated carbocycles. The van der Waals surface area contributed by atoms with Gasteiger partial charge >= 0.3 is 6.03 Å². The van der Waals surface area contributed by atoms with Gasteiger partial charge in [-0.15, -0.1) is 0 Å². The van der Waals surface area contributed by atoms with Crippen LogP contribution in [0.4, 0.5) is 9.18 Å².